The summed E-state index contributed by atoms with van der Waals surface area (Å²) in [5, 5.41) is 7.05. The SMILES string of the molecule is COc1ccc(Nc2cc(C)nc(NC(C)(C)C)n2)cc1Cl. The molecule has 6 heteroatoms. The molecular weight excluding hydrogens is 300 g/mol. The second kappa shape index (κ2) is 6.40. The van der Waals surface area contributed by atoms with E-state index in [1.807, 2.05) is 25.1 Å². The summed E-state index contributed by atoms with van der Waals surface area (Å²) in [5.74, 6) is 1.94. The highest BCUT2D eigenvalue weighted by molar-refractivity contribution is 6.32. The van der Waals surface area contributed by atoms with Gasteiger partial charge in [-0.05, 0) is 45.9 Å². The Morgan fingerprint density at radius 2 is 1.86 bits per heavy atom. The zero-order valence-electron chi connectivity index (χ0n) is 13.5. The van der Waals surface area contributed by atoms with Crippen LogP contribution in [0.5, 0.6) is 5.75 Å². The first kappa shape index (κ1) is 16.4. The van der Waals surface area contributed by atoms with Crippen LogP contribution < -0.4 is 15.4 Å². The molecule has 0 fully saturated rings. The Hall–Kier alpha value is -2.01. The Morgan fingerprint density at radius 1 is 1.14 bits per heavy atom. The number of ether oxygens (including phenoxy) is 1. The number of hydrogen-bond donors (Lipinski definition) is 2. The first-order valence-corrected chi connectivity index (χ1v) is 7.39. The lowest BCUT2D eigenvalue weighted by molar-refractivity contribution is 0.415. The molecule has 118 valence electrons. The van der Waals surface area contributed by atoms with E-state index in [-0.39, 0.29) is 5.54 Å². The Bertz CT molecular complexity index is 668. The van der Waals surface area contributed by atoms with Crippen molar-refractivity contribution in [1.82, 2.24) is 9.97 Å². The van der Waals surface area contributed by atoms with Gasteiger partial charge in [0.05, 0.1) is 12.1 Å². The fourth-order valence-electron chi connectivity index (χ4n) is 1.92. The predicted octanol–water partition coefficient (Wildman–Crippen LogP) is 4.40. The van der Waals surface area contributed by atoms with Crippen molar-refractivity contribution in [2.24, 2.45) is 0 Å². The molecule has 0 aliphatic rings. The van der Waals surface area contributed by atoms with E-state index in [0.29, 0.717) is 22.5 Å². The van der Waals surface area contributed by atoms with Gasteiger partial charge < -0.3 is 15.4 Å². The van der Waals surface area contributed by atoms with Gasteiger partial charge in [0.15, 0.2) is 0 Å². The molecule has 0 radical (unpaired) electrons. The van der Waals surface area contributed by atoms with E-state index in [1.54, 1.807) is 13.2 Å². The van der Waals surface area contributed by atoms with Gasteiger partial charge in [0.25, 0.3) is 0 Å². The third kappa shape index (κ3) is 4.49. The van der Waals surface area contributed by atoms with Gasteiger partial charge in [-0.2, -0.15) is 4.98 Å². The number of anilines is 3. The van der Waals surface area contributed by atoms with E-state index in [9.17, 15) is 0 Å². The van der Waals surface area contributed by atoms with Crippen LogP contribution in [0.1, 0.15) is 26.5 Å². The fourth-order valence-corrected chi connectivity index (χ4v) is 2.17. The summed E-state index contributed by atoms with van der Waals surface area (Å²) in [5.41, 5.74) is 1.61. The number of hydrogen-bond acceptors (Lipinski definition) is 5. The monoisotopic (exact) mass is 320 g/mol. The molecule has 0 saturated carbocycles. The predicted molar refractivity (Wildman–Crippen MR) is 91.4 cm³/mol. The van der Waals surface area contributed by atoms with Crippen LogP contribution in [0.2, 0.25) is 5.02 Å². The van der Waals surface area contributed by atoms with Gasteiger partial charge in [0.1, 0.15) is 11.6 Å². The second-order valence-electron chi connectivity index (χ2n) is 6.07. The third-order valence-electron chi connectivity index (χ3n) is 2.77. The number of methoxy groups -OCH3 is 1. The summed E-state index contributed by atoms with van der Waals surface area (Å²) in [6, 6.07) is 7.38. The molecule has 1 aromatic heterocycles. The zero-order chi connectivity index (χ0) is 16.3. The largest absolute Gasteiger partial charge is 0.495 e. The van der Waals surface area contributed by atoms with Gasteiger partial charge in [-0.1, -0.05) is 11.6 Å². The number of aromatic nitrogens is 2. The van der Waals surface area contributed by atoms with E-state index < -0.39 is 0 Å². The smallest absolute Gasteiger partial charge is 0.225 e. The molecule has 2 aromatic rings. The fraction of sp³-hybridized carbons (Fsp3) is 0.375. The minimum atomic E-state index is -0.103. The van der Waals surface area contributed by atoms with Crippen molar-refractivity contribution in [2.75, 3.05) is 17.7 Å². The Labute approximate surface area is 136 Å². The van der Waals surface area contributed by atoms with Crippen molar-refractivity contribution in [2.45, 2.75) is 33.2 Å². The minimum Gasteiger partial charge on any atom is -0.495 e. The molecule has 22 heavy (non-hydrogen) atoms. The molecule has 2 rings (SSSR count). The van der Waals surface area contributed by atoms with Gasteiger partial charge in [-0.3, -0.25) is 0 Å². The molecule has 0 spiro atoms. The molecule has 0 saturated heterocycles. The number of benzene rings is 1. The quantitative estimate of drug-likeness (QED) is 0.874. The Kier molecular flexibility index (Phi) is 4.76. The number of halogens is 1. The van der Waals surface area contributed by atoms with E-state index >= 15 is 0 Å². The first-order chi connectivity index (χ1) is 10.3. The number of nitrogens with zero attached hydrogens (tertiary/aromatic N) is 2. The van der Waals surface area contributed by atoms with E-state index in [1.165, 1.54) is 0 Å². The second-order valence-corrected chi connectivity index (χ2v) is 6.47. The molecule has 5 nitrogen and oxygen atoms in total. The molecule has 2 N–H and O–H groups in total. The number of aryl methyl sites for hydroxylation is 1. The Morgan fingerprint density at radius 3 is 2.45 bits per heavy atom. The molecule has 0 bridgehead atoms. The van der Waals surface area contributed by atoms with Gasteiger partial charge in [-0.25, -0.2) is 4.98 Å². The van der Waals surface area contributed by atoms with Crippen LogP contribution in [-0.4, -0.2) is 22.6 Å². The average Bonchev–Trinajstić information content (AvgIpc) is 2.36. The van der Waals surface area contributed by atoms with Gasteiger partial charge in [0.2, 0.25) is 5.95 Å². The highest BCUT2D eigenvalue weighted by Gasteiger charge is 2.12. The van der Waals surface area contributed by atoms with Crippen LogP contribution in [-0.2, 0) is 0 Å². The lowest BCUT2D eigenvalue weighted by Gasteiger charge is -2.21. The van der Waals surface area contributed by atoms with Gasteiger partial charge in [0, 0.05) is 23.0 Å². The summed E-state index contributed by atoms with van der Waals surface area (Å²) in [6.07, 6.45) is 0. The minimum absolute atomic E-state index is 0.103. The van der Waals surface area contributed by atoms with Crippen LogP contribution in [0.3, 0.4) is 0 Å². The first-order valence-electron chi connectivity index (χ1n) is 7.01. The van der Waals surface area contributed by atoms with Crippen molar-refractivity contribution >= 4 is 29.1 Å². The van der Waals surface area contributed by atoms with Gasteiger partial charge >= 0.3 is 0 Å². The summed E-state index contributed by atoms with van der Waals surface area (Å²) >= 11 is 6.14. The molecule has 0 unspecified atom stereocenters. The molecular formula is C16H21ClN4O. The molecule has 0 aliphatic heterocycles. The summed E-state index contributed by atoms with van der Waals surface area (Å²) in [4.78, 5) is 8.88. The maximum Gasteiger partial charge on any atom is 0.225 e. The average molecular weight is 321 g/mol. The van der Waals surface area contributed by atoms with Crippen molar-refractivity contribution in [3.63, 3.8) is 0 Å². The number of nitrogens with one attached hydrogen (secondary N) is 2. The molecule has 1 heterocycles. The maximum atomic E-state index is 6.14. The van der Waals surface area contributed by atoms with Crippen LogP contribution >= 0.6 is 11.6 Å². The Balaban J connectivity index is 2.24. The molecule has 0 amide bonds. The van der Waals surface area contributed by atoms with Crippen LogP contribution in [0.4, 0.5) is 17.5 Å². The topological polar surface area (TPSA) is 59.1 Å². The van der Waals surface area contributed by atoms with Crippen molar-refractivity contribution in [1.29, 1.82) is 0 Å². The van der Waals surface area contributed by atoms with Crippen LogP contribution in [0.15, 0.2) is 24.3 Å². The summed E-state index contributed by atoms with van der Waals surface area (Å²) in [6.45, 7) is 8.13. The van der Waals surface area contributed by atoms with Crippen LogP contribution in [0, 0.1) is 6.92 Å². The third-order valence-corrected chi connectivity index (χ3v) is 3.06. The van der Waals surface area contributed by atoms with E-state index in [2.05, 4.69) is 41.4 Å². The summed E-state index contributed by atoms with van der Waals surface area (Å²) < 4.78 is 5.15. The number of rotatable bonds is 4. The highest BCUT2D eigenvalue weighted by Crippen LogP contribution is 2.28. The molecule has 0 atom stereocenters. The van der Waals surface area contributed by atoms with Crippen molar-refractivity contribution < 1.29 is 4.74 Å². The molecule has 0 aliphatic carbocycles. The van der Waals surface area contributed by atoms with Gasteiger partial charge in [-0.15, -0.1) is 0 Å². The van der Waals surface area contributed by atoms with E-state index in [4.69, 9.17) is 16.3 Å². The zero-order valence-corrected chi connectivity index (χ0v) is 14.2. The lowest BCUT2D eigenvalue weighted by atomic mass is 10.1. The summed E-state index contributed by atoms with van der Waals surface area (Å²) in [7, 11) is 1.59. The molecule has 1 aromatic carbocycles. The van der Waals surface area contributed by atoms with Crippen molar-refractivity contribution in [3.8, 4) is 5.75 Å². The maximum absolute atomic E-state index is 6.14. The van der Waals surface area contributed by atoms with E-state index in [0.717, 1.165) is 11.4 Å². The highest BCUT2D eigenvalue weighted by atomic mass is 35.5. The standard InChI is InChI=1S/C16H21ClN4O/c1-10-8-14(20-15(18-10)21-16(2,3)4)19-11-6-7-13(22-5)12(17)9-11/h6-9H,1-5H3,(H2,18,19,20,21). The van der Waals surface area contributed by atoms with Crippen molar-refractivity contribution in [3.05, 3.63) is 35.0 Å². The lowest BCUT2D eigenvalue weighted by Crippen LogP contribution is -2.27. The van der Waals surface area contributed by atoms with Crippen LogP contribution in [0.25, 0.3) is 0 Å². The normalized spacial score (nSPS) is 11.2.